The van der Waals surface area contributed by atoms with E-state index in [0.29, 0.717) is 16.8 Å². The summed E-state index contributed by atoms with van der Waals surface area (Å²) in [5.41, 5.74) is 13.3. The maximum Gasteiger partial charge on any atom is 0.150 e. The fourth-order valence-electron chi connectivity index (χ4n) is 2.76. The Morgan fingerprint density at radius 2 is 1.08 bits per heavy atom. The van der Waals surface area contributed by atoms with Crippen LogP contribution in [0.4, 0.5) is 5.69 Å². The summed E-state index contributed by atoms with van der Waals surface area (Å²) in [5.74, 6) is 0. The molecule has 0 atom stereocenters. The fourth-order valence-corrected chi connectivity index (χ4v) is 2.76. The van der Waals surface area contributed by atoms with E-state index in [-0.39, 0.29) is 0 Å². The van der Waals surface area contributed by atoms with Crippen molar-refractivity contribution in [3.63, 3.8) is 0 Å². The van der Waals surface area contributed by atoms with Crippen molar-refractivity contribution < 1.29 is 9.59 Å². The van der Waals surface area contributed by atoms with Gasteiger partial charge < -0.3 is 5.73 Å². The Morgan fingerprint density at radius 3 is 1.42 bits per heavy atom. The van der Waals surface area contributed by atoms with Crippen molar-refractivity contribution in [2.75, 3.05) is 5.73 Å². The van der Waals surface area contributed by atoms with Gasteiger partial charge in [0, 0.05) is 27.9 Å². The number of aryl methyl sites for hydroxylation is 1. The van der Waals surface area contributed by atoms with Crippen molar-refractivity contribution in [3.05, 3.63) is 77.4 Å². The van der Waals surface area contributed by atoms with Gasteiger partial charge in [-0.15, -0.1) is 0 Å². The van der Waals surface area contributed by atoms with E-state index in [0.717, 1.165) is 40.4 Å². The lowest BCUT2D eigenvalue weighted by Crippen LogP contribution is -1.96. The third-order valence-electron chi connectivity index (χ3n) is 4.04. The standard InChI is InChI=1S/C21H17NO2/c1-14-10-19(17-6-2-15(12-23)3-7-17)21(22)20(11-14)18-8-4-16(13-24)5-9-18/h2-13H,22H2,1H3. The smallest absolute Gasteiger partial charge is 0.150 e. The number of hydrogen-bond acceptors (Lipinski definition) is 3. The number of nitrogens with two attached hydrogens (primary N) is 1. The van der Waals surface area contributed by atoms with Crippen molar-refractivity contribution in [1.82, 2.24) is 0 Å². The summed E-state index contributed by atoms with van der Waals surface area (Å²) in [6.07, 6.45) is 1.65. The highest BCUT2D eigenvalue weighted by molar-refractivity contribution is 5.90. The van der Waals surface area contributed by atoms with Crippen molar-refractivity contribution >= 4 is 18.3 Å². The number of aldehydes is 2. The molecule has 0 heterocycles. The second kappa shape index (κ2) is 6.50. The minimum Gasteiger partial charge on any atom is -0.398 e. The predicted octanol–water partition coefficient (Wildman–Crippen LogP) is 4.54. The second-order valence-corrected chi connectivity index (χ2v) is 5.75. The molecule has 0 spiro atoms. The molecule has 0 aromatic heterocycles. The number of hydrogen-bond donors (Lipinski definition) is 1. The molecule has 0 aliphatic heterocycles. The molecule has 3 aromatic rings. The van der Waals surface area contributed by atoms with Crippen LogP contribution >= 0.6 is 0 Å². The molecule has 0 bridgehead atoms. The van der Waals surface area contributed by atoms with E-state index >= 15 is 0 Å². The van der Waals surface area contributed by atoms with Crippen LogP contribution in [0.3, 0.4) is 0 Å². The molecule has 0 amide bonds. The highest BCUT2D eigenvalue weighted by atomic mass is 16.1. The Labute approximate surface area is 140 Å². The molecule has 118 valence electrons. The maximum absolute atomic E-state index is 10.8. The molecule has 3 heteroatoms. The summed E-state index contributed by atoms with van der Waals surface area (Å²) in [7, 11) is 0. The molecule has 0 fully saturated rings. The van der Waals surface area contributed by atoms with Crippen LogP contribution in [0.1, 0.15) is 26.3 Å². The molecule has 2 N–H and O–H groups in total. The van der Waals surface area contributed by atoms with Crippen LogP contribution in [-0.4, -0.2) is 12.6 Å². The van der Waals surface area contributed by atoms with E-state index in [1.54, 1.807) is 24.3 Å². The Morgan fingerprint density at radius 1 is 0.708 bits per heavy atom. The van der Waals surface area contributed by atoms with Gasteiger partial charge in [0.15, 0.2) is 0 Å². The molecular formula is C21H17NO2. The molecule has 3 aromatic carbocycles. The predicted molar refractivity (Wildman–Crippen MR) is 97.2 cm³/mol. The molecular weight excluding hydrogens is 298 g/mol. The van der Waals surface area contributed by atoms with Gasteiger partial charge in [0.1, 0.15) is 12.6 Å². The quantitative estimate of drug-likeness (QED) is 0.568. The molecule has 0 radical (unpaired) electrons. The van der Waals surface area contributed by atoms with Gasteiger partial charge in [-0.05, 0) is 35.7 Å². The highest BCUT2D eigenvalue weighted by Gasteiger charge is 2.11. The second-order valence-electron chi connectivity index (χ2n) is 5.75. The topological polar surface area (TPSA) is 60.2 Å². The van der Waals surface area contributed by atoms with E-state index in [4.69, 9.17) is 5.73 Å². The van der Waals surface area contributed by atoms with Gasteiger partial charge >= 0.3 is 0 Å². The van der Waals surface area contributed by atoms with Crippen molar-refractivity contribution in [2.24, 2.45) is 0 Å². The number of anilines is 1. The van der Waals surface area contributed by atoms with Crippen LogP contribution in [0.2, 0.25) is 0 Å². The van der Waals surface area contributed by atoms with Gasteiger partial charge in [-0.1, -0.05) is 48.5 Å². The largest absolute Gasteiger partial charge is 0.398 e. The van der Waals surface area contributed by atoms with Crippen LogP contribution in [-0.2, 0) is 0 Å². The third-order valence-corrected chi connectivity index (χ3v) is 4.04. The molecule has 0 unspecified atom stereocenters. The minimum atomic E-state index is 0.634. The van der Waals surface area contributed by atoms with Gasteiger partial charge in [-0.3, -0.25) is 9.59 Å². The SMILES string of the molecule is Cc1cc(-c2ccc(C=O)cc2)c(N)c(-c2ccc(C=O)cc2)c1. The number of benzene rings is 3. The van der Waals surface area contributed by atoms with Crippen molar-refractivity contribution in [2.45, 2.75) is 6.92 Å². The van der Waals surface area contributed by atoms with Crippen molar-refractivity contribution in [1.29, 1.82) is 0 Å². The van der Waals surface area contributed by atoms with E-state index < -0.39 is 0 Å². The summed E-state index contributed by atoms with van der Waals surface area (Å²) in [4.78, 5) is 21.6. The van der Waals surface area contributed by atoms with Gasteiger partial charge in [-0.2, -0.15) is 0 Å². The van der Waals surface area contributed by atoms with Gasteiger partial charge in [0.2, 0.25) is 0 Å². The molecule has 0 saturated carbocycles. The van der Waals surface area contributed by atoms with Crippen molar-refractivity contribution in [3.8, 4) is 22.3 Å². The third kappa shape index (κ3) is 2.97. The number of nitrogen functional groups attached to an aromatic ring is 1. The first-order chi connectivity index (χ1) is 11.6. The summed E-state index contributed by atoms with van der Waals surface area (Å²) >= 11 is 0. The monoisotopic (exact) mass is 315 g/mol. The minimum absolute atomic E-state index is 0.634. The first kappa shape index (κ1) is 15.7. The number of rotatable bonds is 4. The molecule has 0 saturated heterocycles. The fraction of sp³-hybridized carbons (Fsp3) is 0.0476. The lowest BCUT2D eigenvalue weighted by Gasteiger charge is -2.14. The average molecular weight is 315 g/mol. The molecule has 24 heavy (non-hydrogen) atoms. The van der Waals surface area contributed by atoms with Crippen LogP contribution < -0.4 is 5.73 Å². The Bertz CT molecular complexity index is 822. The summed E-state index contributed by atoms with van der Waals surface area (Å²) in [6.45, 7) is 2.02. The average Bonchev–Trinajstić information content (AvgIpc) is 2.63. The Kier molecular flexibility index (Phi) is 4.25. The summed E-state index contributed by atoms with van der Waals surface area (Å²) < 4.78 is 0. The molecule has 0 aliphatic rings. The van der Waals surface area contributed by atoms with E-state index in [9.17, 15) is 9.59 Å². The highest BCUT2D eigenvalue weighted by Crippen LogP contribution is 2.36. The van der Waals surface area contributed by atoms with Crippen LogP contribution in [0, 0.1) is 6.92 Å². The zero-order valence-corrected chi connectivity index (χ0v) is 13.3. The zero-order valence-electron chi connectivity index (χ0n) is 13.3. The molecule has 0 aliphatic carbocycles. The lowest BCUT2D eigenvalue weighted by molar-refractivity contribution is 0.111. The van der Waals surface area contributed by atoms with E-state index in [1.165, 1.54) is 0 Å². The van der Waals surface area contributed by atoms with Gasteiger partial charge in [0.05, 0.1) is 0 Å². The van der Waals surface area contributed by atoms with E-state index in [2.05, 4.69) is 0 Å². The maximum atomic E-state index is 10.8. The molecule has 3 nitrogen and oxygen atoms in total. The van der Waals surface area contributed by atoms with Gasteiger partial charge in [0.25, 0.3) is 0 Å². The van der Waals surface area contributed by atoms with E-state index in [1.807, 2.05) is 43.3 Å². The van der Waals surface area contributed by atoms with Crippen LogP contribution in [0.25, 0.3) is 22.3 Å². The zero-order chi connectivity index (χ0) is 17.1. The Balaban J connectivity index is 2.12. The van der Waals surface area contributed by atoms with Gasteiger partial charge in [-0.25, -0.2) is 0 Å². The number of carbonyl (C=O) groups excluding carboxylic acids is 2. The lowest BCUT2D eigenvalue weighted by atomic mass is 9.93. The van der Waals surface area contributed by atoms with Crippen LogP contribution in [0.15, 0.2) is 60.7 Å². The van der Waals surface area contributed by atoms with Crippen LogP contribution in [0.5, 0.6) is 0 Å². The summed E-state index contributed by atoms with van der Waals surface area (Å²) in [6, 6.07) is 18.8. The summed E-state index contributed by atoms with van der Waals surface area (Å²) in [5, 5.41) is 0. The molecule has 3 rings (SSSR count). The first-order valence-electron chi connectivity index (χ1n) is 7.63. The first-order valence-corrected chi connectivity index (χ1v) is 7.63. The number of carbonyl (C=O) groups is 2. The normalized spacial score (nSPS) is 10.4. The Hall–Kier alpha value is -3.20.